The normalized spacial score (nSPS) is 31.9. The van der Waals surface area contributed by atoms with E-state index in [1.54, 1.807) is 10.9 Å². The molecule has 0 aliphatic heterocycles. The Hall–Kier alpha value is -3.10. The van der Waals surface area contributed by atoms with Gasteiger partial charge in [0.05, 0.1) is 41.6 Å². The Morgan fingerprint density at radius 3 is 2.46 bits per heavy atom. The quantitative estimate of drug-likeness (QED) is 0.456. The van der Waals surface area contributed by atoms with E-state index in [-0.39, 0.29) is 41.3 Å². The van der Waals surface area contributed by atoms with Crippen LogP contribution in [-0.4, -0.2) is 53.4 Å². The molecule has 9 nitrogen and oxygen atoms in total. The third kappa shape index (κ3) is 5.21. The molecule has 0 spiro atoms. The summed E-state index contributed by atoms with van der Waals surface area (Å²) in [5, 5.41) is 11.8. The van der Waals surface area contributed by atoms with Crippen LogP contribution in [0.4, 0.5) is 0 Å². The molecule has 0 unspecified atom stereocenters. The molecule has 1 heterocycles. The van der Waals surface area contributed by atoms with E-state index in [4.69, 9.17) is 9.47 Å². The highest BCUT2D eigenvalue weighted by atomic mass is 16.5. The van der Waals surface area contributed by atoms with Crippen molar-refractivity contribution in [1.29, 1.82) is 0 Å². The number of hydrogen-bond donors (Lipinski definition) is 2. The van der Waals surface area contributed by atoms with Gasteiger partial charge >= 0.3 is 5.97 Å². The number of ether oxygens (including phenoxy) is 2. The number of aromatic nitrogens is 2. The second-order valence-electron chi connectivity index (χ2n) is 13.8. The van der Waals surface area contributed by atoms with Crippen LogP contribution in [0.5, 0.6) is 5.75 Å². The van der Waals surface area contributed by atoms with E-state index >= 15 is 0 Å². The molecule has 1 aromatic carbocycles. The van der Waals surface area contributed by atoms with E-state index in [0.717, 1.165) is 62.4 Å². The fourth-order valence-corrected chi connectivity index (χ4v) is 7.91. The number of amides is 2. The number of methoxy groups -OCH3 is 1. The van der Waals surface area contributed by atoms with Gasteiger partial charge in [-0.15, -0.1) is 0 Å². The summed E-state index contributed by atoms with van der Waals surface area (Å²) >= 11 is 0. The zero-order valence-corrected chi connectivity index (χ0v) is 24.8. The molecule has 0 radical (unpaired) electrons. The molecule has 4 aliphatic rings. The molecule has 41 heavy (non-hydrogen) atoms. The number of esters is 1. The first-order valence-electron chi connectivity index (χ1n) is 15.4. The largest absolute Gasteiger partial charge is 0.490 e. The van der Waals surface area contributed by atoms with Crippen LogP contribution in [0.1, 0.15) is 88.4 Å². The number of aryl methyl sites for hydroxylation is 1. The Kier molecular flexibility index (Phi) is 7.27. The molecule has 2 N–H and O–H groups in total. The summed E-state index contributed by atoms with van der Waals surface area (Å²) in [7, 11) is 3.29. The molecule has 0 saturated heterocycles. The van der Waals surface area contributed by atoms with Gasteiger partial charge in [-0.1, -0.05) is 13.3 Å². The van der Waals surface area contributed by atoms with Crippen molar-refractivity contribution in [2.24, 2.45) is 35.6 Å². The second kappa shape index (κ2) is 10.6. The van der Waals surface area contributed by atoms with Crippen molar-refractivity contribution >= 4 is 28.7 Å². The van der Waals surface area contributed by atoms with Gasteiger partial charge in [0.2, 0.25) is 5.91 Å². The van der Waals surface area contributed by atoms with Crippen molar-refractivity contribution in [2.75, 3.05) is 13.7 Å². The molecular weight excluding hydrogens is 520 g/mol. The Morgan fingerprint density at radius 1 is 1.05 bits per heavy atom. The number of fused-ring (bicyclic) bond motifs is 3. The van der Waals surface area contributed by atoms with Gasteiger partial charge in [-0.25, -0.2) is 0 Å². The first-order valence-corrected chi connectivity index (χ1v) is 15.4. The van der Waals surface area contributed by atoms with Crippen LogP contribution in [0.25, 0.3) is 10.9 Å². The third-order valence-corrected chi connectivity index (χ3v) is 10.9. The predicted molar refractivity (Wildman–Crippen MR) is 154 cm³/mol. The lowest BCUT2D eigenvalue weighted by molar-refractivity contribution is -0.154. The smallest absolute Gasteiger partial charge is 0.311 e. The maximum atomic E-state index is 13.8. The number of rotatable bonds is 8. The van der Waals surface area contributed by atoms with E-state index in [0.29, 0.717) is 36.0 Å². The van der Waals surface area contributed by atoms with Crippen LogP contribution in [0.15, 0.2) is 18.3 Å². The first-order chi connectivity index (χ1) is 19.6. The molecule has 4 fully saturated rings. The van der Waals surface area contributed by atoms with Crippen LogP contribution < -0.4 is 15.4 Å². The SMILES string of the molecule is COC(=O)[C@]1(C)CC[C@H](Oc2cc(C(=O)N[C@@H]3[C@H]4CC[C@H](C4)[C@@H]3C(=O)NCC3(C)CCC3)cc3c2cnn3C)CC1. The summed E-state index contributed by atoms with van der Waals surface area (Å²) in [6, 6.07) is 3.52. The topological polar surface area (TPSA) is 112 Å². The van der Waals surface area contributed by atoms with Crippen molar-refractivity contribution in [3.05, 3.63) is 23.9 Å². The first kappa shape index (κ1) is 28.0. The van der Waals surface area contributed by atoms with Crippen LogP contribution in [0.3, 0.4) is 0 Å². The minimum Gasteiger partial charge on any atom is -0.490 e. The van der Waals surface area contributed by atoms with Crippen LogP contribution in [-0.2, 0) is 21.4 Å². The number of nitrogens with zero attached hydrogens (tertiary/aromatic N) is 2. The summed E-state index contributed by atoms with van der Waals surface area (Å²) < 4.78 is 13.3. The lowest BCUT2D eigenvalue weighted by atomic mass is 9.70. The van der Waals surface area contributed by atoms with Crippen LogP contribution in [0, 0.1) is 28.6 Å². The number of nitrogens with one attached hydrogen (secondary N) is 2. The van der Waals surface area contributed by atoms with Crippen molar-refractivity contribution in [3.8, 4) is 5.75 Å². The average Bonchev–Trinajstić information content (AvgIpc) is 3.67. The Morgan fingerprint density at radius 2 is 1.78 bits per heavy atom. The van der Waals surface area contributed by atoms with E-state index in [1.165, 1.54) is 13.5 Å². The molecule has 2 bridgehead atoms. The highest BCUT2D eigenvalue weighted by Crippen LogP contribution is 2.49. The van der Waals surface area contributed by atoms with Gasteiger partial charge in [0.25, 0.3) is 5.91 Å². The molecule has 4 atom stereocenters. The standard InChI is InChI=1S/C32H44N4O5/c1-31(10-5-11-31)18-33-29(38)26-19-6-7-20(14-19)27(26)35-28(37)21-15-24-23(17-34-36(24)3)25(16-21)41-22-8-12-32(2,13-9-22)30(39)40-4/h15-17,19-20,22,26-27H,5-14,18H2,1-4H3,(H,33,38)(H,35,37)/t19-,20+,22-,26+,27-,32+/m1/s1. The molecular formula is C32H44N4O5. The van der Waals surface area contributed by atoms with Crippen molar-refractivity contribution in [1.82, 2.24) is 20.4 Å². The van der Waals surface area contributed by atoms with Crippen molar-refractivity contribution < 1.29 is 23.9 Å². The Bertz CT molecular complexity index is 1340. The molecule has 1 aromatic heterocycles. The number of benzene rings is 1. The molecule has 6 rings (SSSR count). The van der Waals surface area contributed by atoms with Gasteiger partial charge in [0.1, 0.15) is 5.75 Å². The second-order valence-corrected chi connectivity index (χ2v) is 13.8. The predicted octanol–water partition coefficient (Wildman–Crippen LogP) is 4.52. The summed E-state index contributed by atoms with van der Waals surface area (Å²) in [6.07, 6.45) is 11.2. The summed E-state index contributed by atoms with van der Waals surface area (Å²) in [4.78, 5) is 39.4. The van der Waals surface area contributed by atoms with E-state index in [1.807, 2.05) is 26.1 Å². The summed E-state index contributed by atoms with van der Waals surface area (Å²) in [6.45, 7) is 4.92. The van der Waals surface area contributed by atoms with Gasteiger partial charge in [0.15, 0.2) is 0 Å². The lowest BCUT2D eigenvalue weighted by Crippen LogP contribution is -2.51. The molecule has 9 heteroatoms. The third-order valence-electron chi connectivity index (χ3n) is 10.9. The fourth-order valence-electron chi connectivity index (χ4n) is 7.91. The molecule has 2 amide bonds. The van der Waals surface area contributed by atoms with Crippen molar-refractivity contribution in [2.45, 2.75) is 90.2 Å². The van der Waals surface area contributed by atoms with Gasteiger partial charge in [0, 0.05) is 25.2 Å². The molecule has 4 aliphatic carbocycles. The van der Waals surface area contributed by atoms with Crippen LogP contribution in [0.2, 0.25) is 0 Å². The van der Waals surface area contributed by atoms with Gasteiger partial charge in [-0.2, -0.15) is 5.10 Å². The number of carbonyl (C=O) groups is 3. The summed E-state index contributed by atoms with van der Waals surface area (Å²) in [5.41, 5.74) is 1.06. The van der Waals surface area contributed by atoms with E-state index in [9.17, 15) is 14.4 Å². The maximum Gasteiger partial charge on any atom is 0.311 e. The van der Waals surface area contributed by atoms with Gasteiger partial charge in [-0.3, -0.25) is 19.1 Å². The molecule has 222 valence electrons. The highest BCUT2D eigenvalue weighted by molar-refractivity contribution is 6.00. The van der Waals surface area contributed by atoms with Gasteiger partial charge in [-0.05, 0) is 94.1 Å². The zero-order valence-electron chi connectivity index (χ0n) is 24.8. The number of carbonyl (C=O) groups excluding carboxylic acids is 3. The van der Waals surface area contributed by atoms with E-state index in [2.05, 4.69) is 22.7 Å². The molecule has 2 aromatic rings. The average molecular weight is 565 g/mol. The zero-order chi connectivity index (χ0) is 28.9. The monoisotopic (exact) mass is 564 g/mol. The highest BCUT2D eigenvalue weighted by Gasteiger charge is 2.51. The number of hydrogen-bond acceptors (Lipinski definition) is 6. The van der Waals surface area contributed by atoms with Gasteiger partial charge < -0.3 is 20.1 Å². The maximum absolute atomic E-state index is 13.8. The van der Waals surface area contributed by atoms with Crippen molar-refractivity contribution in [3.63, 3.8) is 0 Å². The minimum atomic E-state index is -0.487. The lowest BCUT2D eigenvalue weighted by Gasteiger charge is -2.39. The molecule has 4 saturated carbocycles. The van der Waals surface area contributed by atoms with Crippen LogP contribution >= 0.6 is 0 Å². The Labute approximate surface area is 242 Å². The fraction of sp³-hybridized carbons (Fsp3) is 0.688. The summed E-state index contributed by atoms with van der Waals surface area (Å²) in [5.74, 6) is 0.863. The Balaban J connectivity index is 1.18. The van der Waals surface area contributed by atoms with E-state index < -0.39 is 5.41 Å². The minimum absolute atomic E-state index is 0.0642.